The third kappa shape index (κ3) is 3.03. The lowest BCUT2D eigenvalue weighted by Gasteiger charge is -2.35. The first-order valence-corrected chi connectivity index (χ1v) is 11.2. The molecule has 2 aliphatic rings. The second-order valence-corrected chi connectivity index (χ2v) is 8.83. The van der Waals surface area contributed by atoms with Crippen molar-refractivity contribution < 1.29 is 0 Å². The number of benzene rings is 4. The van der Waals surface area contributed by atoms with Gasteiger partial charge in [0.25, 0.3) is 0 Å². The zero-order valence-corrected chi connectivity index (χ0v) is 18.4. The largest absolute Gasteiger partial charge is 0.420 e. The summed E-state index contributed by atoms with van der Waals surface area (Å²) in [5.74, 6) is 0. The Kier molecular flexibility index (Phi) is 4.40. The summed E-state index contributed by atoms with van der Waals surface area (Å²) >= 11 is 0. The van der Waals surface area contributed by atoms with Gasteiger partial charge in [-0.1, -0.05) is 108 Å². The molecule has 0 atom stereocenters. The van der Waals surface area contributed by atoms with E-state index in [1.165, 1.54) is 61.1 Å². The highest BCUT2D eigenvalue weighted by molar-refractivity contribution is 6.87. The van der Waals surface area contributed by atoms with Gasteiger partial charge in [-0.25, -0.2) is 0 Å². The van der Waals surface area contributed by atoms with Crippen LogP contribution in [0.5, 0.6) is 0 Å². The smallest absolute Gasteiger partial charge is 0.322 e. The van der Waals surface area contributed by atoms with Gasteiger partial charge >= 0.3 is 6.85 Å². The predicted octanol–water partition coefficient (Wildman–Crippen LogP) is 6.52. The van der Waals surface area contributed by atoms with Crippen LogP contribution in [-0.2, 0) is 0 Å². The summed E-state index contributed by atoms with van der Waals surface area (Å²) in [7, 11) is 0. The Morgan fingerprint density at radius 3 is 1.91 bits per heavy atom. The van der Waals surface area contributed by atoms with Crippen LogP contribution >= 0.6 is 0 Å². The highest BCUT2D eigenvalue weighted by atomic mass is 14.8. The van der Waals surface area contributed by atoms with Crippen molar-refractivity contribution in [2.75, 3.05) is 5.23 Å². The molecule has 0 aromatic heterocycles. The van der Waals surface area contributed by atoms with E-state index < -0.39 is 0 Å². The fourth-order valence-corrected chi connectivity index (χ4v) is 5.01. The van der Waals surface area contributed by atoms with Gasteiger partial charge in [0.05, 0.1) is 0 Å². The molecule has 0 spiro atoms. The van der Waals surface area contributed by atoms with Gasteiger partial charge in [0.1, 0.15) is 0 Å². The molecule has 2 aliphatic heterocycles. The predicted molar refractivity (Wildman–Crippen MR) is 138 cm³/mol. The SMILES string of the molecule is Cc1ccc(C2=C(c3ccc(C)cc3)c3ccccc3B3Nc4ccccc4C=C32)cc1. The van der Waals surface area contributed by atoms with Gasteiger partial charge in [-0.3, -0.25) is 0 Å². The fourth-order valence-electron chi connectivity index (χ4n) is 5.01. The first-order valence-electron chi connectivity index (χ1n) is 11.2. The third-order valence-corrected chi connectivity index (χ3v) is 6.64. The van der Waals surface area contributed by atoms with Crippen LogP contribution in [0.3, 0.4) is 0 Å². The average molecular weight is 409 g/mol. The number of aryl methyl sites for hydroxylation is 2. The molecule has 0 aliphatic carbocycles. The van der Waals surface area contributed by atoms with Crippen LogP contribution in [0.15, 0.2) is 103 Å². The van der Waals surface area contributed by atoms with E-state index in [0.29, 0.717) is 0 Å². The van der Waals surface area contributed by atoms with Crippen LogP contribution in [-0.4, -0.2) is 6.85 Å². The van der Waals surface area contributed by atoms with E-state index >= 15 is 0 Å². The van der Waals surface area contributed by atoms with E-state index in [1.54, 1.807) is 0 Å². The number of fused-ring (bicyclic) bond motifs is 4. The topological polar surface area (TPSA) is 12.0 Å². The molecule has 4 aromatic rings. The van der Waals surface area contributed by atoms with Gasteiger partial charge in [0, 0.05) is 5.69 Å². The van der Waals surface area contributed by atoms with Crippen LogP contribution in [0.2, 0.25) is 0 Å². The summed E-state index contributed by atoms with van der Waals surface area (Å²) in [5, 5.41) is 3.84. The lowest BCUT2D eigenvalue weighted by molar-refractivity contribution is 1.43. The summed E-state index contributed by atoms with van der Waals surface area (Å²) in [6, 6.07) is 35.4. The van der Waals surface area contributed by atoms with E-state index in [0.717, 1.165) is 0 Å². The minimum absolute atomic E-state index is 0.131. The summed E-state index contributed by atoms with van der Waals surface area (Å²) in [6.07, 6.45) is 2.38. The quantitative estimate of drug-likeness (QED) is 0.372. The fraction of sp³-hybridized carbons (Fsp3) is 0.0667. The molecule has 2 heterocycles. The molecular formula is C30H24BN. The van der Waals surface area contributed by atoms with Gasteiger partial charge in [0.15, 0.2) is 0 Å². The molecule has 0 fully saturated rings. The molecular weight excluding hydrogens is 385 g/mol. The number of hydrogen-bond donors (Lipinski definition) is 1. The molecule has 2 heteroatoms. The molecule has 4 aromatic carbocycles. The van der Waals surface area contributed by atoms with Crippen LogP contribution in [0, 0.1) is 13.8 Å². The summed E-state index contributed by atoms with van der Waals surface area (Å²) in [4.78, 5) is 0. The van der Waals surface area contributed by atoms with Crippen LogP contribution in [0.4, 0.5) is 5.69 Å². The van der Waals surface area contributed by atoms with Crippen LogP contribution < -0.4 is 10.7 Å². The van der Waals surface area contributed by atoms with Gasteiger partial charge in [-0.05, 0) is 64.2 Å². The maximum Gasteiger partial charge on any atom is 0.322 e. The minimum Gasteiger partial charge on any atom is -0.420 e. The van der Waals surface area contributed by atoms with Crippen molar-refractivity contribution in [2.45, 2.75) is 13.8 Å². The normalized spacial score (nSPS) is 14.2. The molecule has 1 nitrogen and oxygen atoms in total. The Bertz CT molecular complexity index is 1390. The zero-order valence-electron chi connectivity index (χ0n) is 18.4. The summed E-state index contributed by atoms with van der Waals surface area (Å²) < 4.78 is 0. The molecule has 0 bridgehead atoms. The Morgan fingerprint density at radius 2 is 1.19 bits per heavy atom. The van der Waals surface area contributed by atoms with Crippen molar-refractivity contribution >= 4 is 35.2 Å². The monoisotopic (exact) mass is 409 g/mol. The van der Waals surface area contributed by atoms with Gasteiger partial charge in [-0.15, -0.1) is 0 Å². The first-order chi connectivity index (χ1) is 15.7. The van der Waals surface area contributed by atoms with Gasteiger partial charge in [-0.2, -0.15) is 0 Å². The molecule has 0 amide bonds. The Balaban J connectivity index is 1.72. The summed E-state index contributed by atoms with van der Waals surface area (Å²) in [6.45, 7) is 4.43. The highest BCUT2D eigenvalue weighted by Crippen LogP contribution is 2.43. The minimum atomic E-state index is 0.131. The van der Waals surface area contributed by atoms with E-state index in [9.17, 15) is 0 Å². The molecule has 152 valence electrons. The number of allylic oxidation sites excluding steroid dienone is 2. The summed E-state index contributed by atoms with van der Waals surface area (Å²) in [5.41, 5.74) is 14.1. The van der Waals surface area contributed by atoms with Gasteiger partial charge in [0.2, 0.25) is 0 Å². The van der Waals surface area contributed by atoms with E-state index in [-0.39, 0.29) is 6.85 Å². The second kappa shape index (κ2) is 7.42. The Morgan fingerprint density at radius 1 is 0.594 bits per heavy atom. The van der Waals surface area contributed by atoms with Crippen molar-refractivity contribution in [3.63, 3.8) is 0 Å². The lowest BCUT2D eigenvalue weighted by atomic mass is 9.42. The number of hydrogen-bond acceptors (Lipinski definition) is 1. The number of rotatable bonds is 2. The van der Waals surface area contributed by atoms with Crippen LogP contribution in [0.1, 0.15) is 33.4 Å². The van der Waals surface area contributed by atoms with Crippen molar-refractivity contribution in [2.24, 2.45) is 0 Å². The van der Waals surface area contributed by atoms with E-state index in [1.807, 2.05) is 0 Å². The number of para-hydroxylation sites is 1. The van der Waals surface area contributed by atoms with E-state index in [4.69, 9.17) is 0 Å². The molecule has 1 N–H and O–H groups in total. The van der Waals surface area contributed by atoms with E-state index in [2.05, 4.69) is 122 Å². The second-order valence-electron chi connectivity index (χ2n) is 8.83. The number of nitrogens with one attached hydrogen (secondary N) is 1. The van der Waals surface area contributed by atoms with Crippen LogP contribution in [0.25, 0.3) is 17.2 Å². The van der Waals surface area contributed by atoms with Crippen molar-refractivity contribution in [3.8, 4) is 0 Å². The molecule has 0 unspecified atom stereocenters. The van der Waals surface area contributed by atoms with Gasteiger partial charge < -0.3 is 5.23 Å². The highest BCUT2D eigenvalue weighted by Gasteiger charge is 2.37. The first kappa shape index (κ1) is 19.0. The molecule has 0 saturated heterocycles. The number of anilines is 1. The van der Waals surface area contributed by atoms with Crippen molar-refractivity contribution in [1.29, 1.82) is 0 Å². The maximum absolute atomic E-state index is 3.84. The maximum atomic E-state index is 3.84. The molecule has 0 radical (unpaired) electrons. The lowest BCUT2D eigenvalue weighted by Crippen LogP contribution is -2.46. The molecule has 32 heavy (non-hydrogen) atoms. The third-order valence-electron chi connectivity index (χ3n) is 6.64. The Hall–Kier alpha value is -3.78. The molecule has 6 rings (SSSR count). The molecule has 0 saturated carbocycles. The standard InChI is InChI=1S/C30H24BN/c1-20-11-15-22(16-12-20)29-25-8-4-5-9-26(25)31-27(19-24-7-3-6-10-28(24)32-31)30(29)23-17-13-21(2)14-18-23/h3-19,32H,1-2H3. The Labute approximate surface area is 190 Å². The van der Waals surface area contributed by atoms with Crippen molar-refractivity contribution in [3.05, 3.63) is 136 Å². The average Bonchev–Trinajstić information content (AvgIpc) is 2.83. The van der Waals surface area contributed by atoms with Crippen molar-refractivity contribution in [1.82, 2.24) is 0 Å². The zero-order chi connectivity index (χ0) is 21.7.